The second-order valence-electron chi connectivity index (χ2n) is 12.6. The van der Waals surface area contributed by atoms with Gasteiger partial charge in [-0.1, -0.05) is 61.5 Å². The molecule has 8 nitrogen and oxygen atoms in total. The minimum Gasteiger partial charge on any atom is -0.488 e. The molecule has 11 heteroatoms. The molecule has 1 aliphatic heterocycles. The second-order valence-corrected chi connectivity index (χ2v) is 12.6. The van der Waals surface area contributed by atoms with Crippen LogP contribution < -0.4 is 15.4 Å². The summed E-state index contributed by atoms with van der Waals surface area (Å²) in [6.07, 6.45) is -4.81. The molecule has 1 aliphatic rings. The van der Waals surface area contributed by atoms with Gasteiger partial charge in [0.2, 0.25) is 5.91 Å². The van der Waals surface area contributed by atoms with E-state index >= 15 is 0 Å². The average molecular weight is 675 g/mol. The number of nitrogens with one attached hydrogen (secondary N) is 2. The van der Waals surface area contributed by atoms with Crippen LogP contribution in [-0.2, 0) is 23.9 Å². The number of carbonyl (C=O) groups excluding carboxylic acids is 2. The Labute approximate surface area is 284 Å². The van der Waals surface area contributed by atoms with E-state index in [9.17, 15) is 27.9 Å². The Kier molecular flexibility index (Phi) is 11.3. The number of fused-ring (bicyclic) bond motifs is 1. The Morgan fingerprint density at radius 2 is 1.59 bits per heavy atom. The molecule has 0 aliphatic carbocycles. The van der Waals surface area contributed by atoms with E-state index in [0.29, 0.717) is 36.6 Å². The van der Waals surface area contributed by atoms with Crippen LogP contribution in [0.2, 0.25) is 0 Å². The van der Waals surface area contributed by atoms with Crippen LogP contribution in [0.5, 0.6) is 5.75 Å². The zero-order chi connectivity index (χ0) is 35.1. The lowest BCUT2D eigenvalue weighted by Gasteiger charge is -2.34. The summed E-state index contributed by atoms with van der Waals surface area (Å²) in [5.74, 6) is 0.245. The van der Waals surface area contributed by atoms with E-state index in [2.05, 4.69) is 51.9 Å². The van der Waals surface area contributed by atoms with Gasteiger partial charge < -0.3 is 25.4 Å². The van der Waals surface area contributed by atoms with Crippen molar-refractivity contribution in [3.8, 4) is 16.9 Å². The quantitative estimate of drug-likeness (QED) is 0.173. The van der Waals surface area contributed by atoms with Gasteiger partial charge >= 0.3 is 12.2 Å². The number of hydrogen-bond acceptors (Lipinski definition) is 5. The van der Waals surface area contributed by atoms with E-state index in [1.165, 1.54) is 12.1 Å². The van der Waals surface area contributed by atoms with Crippen LogP contribution in [0.25, 0.3) is 11.1 Å². The summed E-state index contributed by atoms with van der Waals surface area (Å²) in [7, 11) is 2.02. The molecule has 0 saturated heterocycles. The monoisotopic (exact) mass is 674 g/mol. The fraction of sp³-hybridized carbons (Fsp3) is 0.316. The number of urea groups is 1. The maximum Gasteiger partial charge on any atom is 0.416 e. The standard InChI is InChI=1S/C38H41F3N4O4/c1-25-21-45(26(2)24-46)36(47)20-30-19-33(43-37(48)42-32-15-13-31(14-16-32)38(39,40)41)17-18-34(30)49-35(25)23-44(3)22-27-9-11-29(12-10-27)28-7-5-4-6-8-28/h4-19,25-26,35,46H,20-24H2,1-3H3,(H2,42,43,48)/t25-,26+,35+/m0/s1. The molecule has 3 amide bonds. The number of halogens is 3. The van der Waals surface area contributed by atoms with Crippen molar-refractivity contribution < 1.29 is 32.6 Å². The van der Waals surface area contributed by atoms with Crippen LogP contribution in [-0.4, -0.2) is 65.7 Å². The lowest BCUT2D eigenvalue weighted by molar-refractivity contribution is -0.137. The molecule has 49 heavy (non-hydrogen) atoms. The highest BCUT2D eigenvalue weighted by Crippen LogP contribution is 2.31. The van der Waals surface area contributed by atoms with Gasteiger partial charge in [-0.25, -0.2) is 4.79 Å². The summed E-state index contributed by atoms with van der Waals surface area (Å²) in [6, 6.07) is 26.8. The van der Waals surface area contributed by atoms with E-state index < -0.39 is 23.8 Å². The van der Waals surface area contributed by atoms with E-state index in [0.717, 1.165) is 28.8 Å². The first kappa shape index (κ1) is 35.4. The molecule has 4 aromatic rings. The summed E-state index contributed by atoms with van der Waals surface area (Å²) in [4.78, 5) is 30.2. The van der Waals surface area contributed by atoms with Gasteiger partial charge in [-0.2, -0.15) is 13.2 Å². The minimum atomic E-state index is -4.48. The normalized spacial score (nSPS) is 17.3. The predicted molar refractivity (Wildman–Crippen MR) is 184 cm³/mol. The zero-order valence-electron chi connectivity index (χ0n) is 27.7. The largest absolute Gasteiger partial charge is 0.488 e. The van der Waals surface area contributed by atoms with E-state index in [-0.39, 0.29) is 36.6 Å². The maximum absolute atomic E-state index is 13.6. The van der Waals surface area contributed by atoms with Gasteiger partial charge in [0.25, 0.3) is 0 Å². The summed E-state index contributed by atoms with van der Waals surface area (Å²) in [5.41, 5.74) is 3.75. The fourth-order valence-electron chi connectivity index (χ4n) is 5.88. The Hall–Kier alpha value is -4.87. The molecule has 0 spiro atoms. The van der Waals surface area contributed by atoms with Crippen LogP contribution in [0.1, 0.15) is 30.5 Å². The van der Waals surface area contributed by atoms with Crippen LogP contribution in [0, 0.1) is 5.92 Å². The molecule has 258 valence electrons. The van der Waals surface area contributed by atoms with Crippen molar-refractivity contribution in [2.45, 2.75) is 45.1 Å². The number of benzene rings is 4. The van der Waals surface area contributed by atoms with Crippen molar-refractivity contribution in [2.24, 2.45) is 5.92 Å². The molecule has 3 atom stereocenters. The van der Waals surface area contributed by atoms with E-state index in [1.54, 1.807) is 30.0 Å². The molecule has 5 rings (SSSR count). The number of nitrogens with zero attached hydrogens (tertiary/aromatic N) is 2. The molecule has 0 unspecified atom stereocenters. The molecular formula is C38H41F3N4O4. The smallest absolute Gasteiger partial charge is 0.416 e. The van der Waals surface area contributed by atoms with Crippen LogP contribution >= 0.6 is 0 Å². The highest BCUT2D eigenvalue weighted by molar-refractivity contribution is 6.00. The lowest BCUT2D eigenvalue weighted by Crippen LogP contribution is -2.47. The third kappa shape index (κ3) is 9.39. The summed E-state index contributed by atoms with van der Waals surface area (Å²) in [5, 5.41) is 15.2. The number of aliphatic hydroxyl groups is 1. The first-order valence-electron chi connectivity index (χ1n) is 16.2. The molecular weight excluding hydrogens is 633 g/mol. The Morgan fingerprint density at radius 1 is 0.959 bits per heavy atom. The summed E-state index contributed by atoms with van der Waals surface area (Å²) in [6.45, 7) is 5.27. The van der Waals surface area contributed by atoms with Crippen LogP contribution in [0.3, 0.4) is 0 Å². The lowest BCUT2D eigenvalue weighted by atomic mass is 10.0. The van der Waals surface area contributed by atoms with Gasteiger partial charge in [0, 0.05) is 42.5 Å². The zero-order valence-corrected chi connectivity index (χ0v) is 27.7. The number of hydrogen-bond donors (Lipinski definition) is 3. The van der Waals surface area contributed by atoms with Gasteiger partial charge in [-0.05, 0) is 73.1 Å². The van der Waals surface area contributed by atoms with Crippen molar-refractivity contribution in [3.05, 3.63) is 114 Å². The van der Waals surface area contributed by atoms with E-state index in [1.807, 2.05) is 32.2 Å². The van der Waals surface area contributed by atoms with Crippen LogP contribution in [0.15, 0.2) is 97.1 Å². The van der Waals surface area contributed by atoms with Gasteiger partial charge in [0.1, 0.15) is 11.9 Å². The molecule has 0 saturated carbocycles. The molecule has 0 radical (unpaired) electrons. The molecule has 3 N–H and O–H groups in total. The van der Waals surface area contributed by atoms with Gasteiger partial charge in [-0.15, -0.1) is 0 Å². The van der Waals surface area contributed by atoms with Crippen molar-refractivity contribution >= 4 is 23.3 Å². The third-order valence-corrected chi connectivity index (χ3v) is 8.65. The highest BCUT2D eigenvalue weighted by atomic mass is 19.4. The maximum atomic E-state index is 13.6. The minimum absolute atomic E-state index is 0.0151. The average Bonchev–Trinajstić information content (AvgIpc) is 3.12. The number of alkyl halides is 3. The van der Waals surface area contributed by atoms with Crippen molar-refractivity contribution in [1.82, 2.24) is 9.80 Å². The number of anilines is 2. The summed E-state index contributed by atoms with van der Waals surface area (Å²) < 4.78 is 45.3. The van der Waals surface area contributed by atoms with Gasteiger partial charge in [0.15, 0.2) is 0 Å². The van der Waals surface area contributed by atoms with Crippen molar-refractivity contribution in [2.75, 3.05) is 37.4 Å². The highest BCUT2D eigenvalue weighted by Gasteiger charge is 2.32. The molecule has 0 fully saturated rings. The SMILES string of the molecule is C[C@H](CO)N1C[C@H](C)[C@@H](CN(C)Cc2ccc(-c3ccccc3)cc2)Oc2ccc(NC(=O)Nc3ccc(C(F)(F)F)cc3)cc2CC1=O. The van der Waals surface area contributed by atoms with Gasteiger partial charge in [-0.3, -0.25) is 9.69 Å². The number of aliphatic hydroxyl groups excluding tert-OH is 1. The fourth-order valence-corrected chi connectivity index (χ4v) is 5.88. The number of likely N-dealkylation sites (N-methyl/N-ethyl adjacent to an activating group) is 1. The Morgan fingerprint density at radius 3 is 2.24 bits per heavy atom. The molecule has 0 bridgehead atoms. The first-order chi connectivity index (χ1) is 23.4. The van der Waals surface area contributed by atoms with Crippen molar-refractivity contribution in [3.63, 3.8) is 0 Å². The predicted octanol–water partition coefficient (Wildman–Crippen LogP) is 7.30. The Bertz CT molecular complexity index is 1720. The number of rotatable bonds is 9. The van der Waals surface area contributed by atoms with Crippen molar-refractivity contribution in [1.29, 1.82) is 0 Å². The Balaban J connectivity index is 1.31. The second kappa shape index (κ2) is 15.6. The van der Waals surface area contributed by atoms with Crippen LogP contribution in [0.4, 0.5) is 29.3 Å². The topological polar surface area (TPSA) is 94.1 Å². The molecule has 4 aromatic carbocycles. The van der Waals surface area contributed by atoms with E-state index in [4.69, 9.17) is 4.74 Å². The summed E-state index contributed by atoms with van der Waals surface area (Å²) >= 11 is 0. The van der Waals surface area contributed by atoms with Gasteiger partial charge in [0.05, 0.1) is 24.6 Å². The third-order valence-electron chi connectivity index (χ3n) is 8.65. The number of amides is 3. The first-order valence-corrected chi connectivity index (χ1v) is 16.2. The number of carbonyl (C=O) groups is 2. The molecule has 0 aromatic heterocycles. The molecule has 1 heterocycles. The number of ether oxygens (including phenoxy) is 1.